The molecule has 1 aromatic carbocycles. The summed E-state index contributed by atoms with van der Waals surface area (Å²) in [6.07, 6.45) is 1.11. The molecule has 1 saturated carbocycles. The zero-order valence-corrected chi connectivity index (χ0v) is 11.8. The molecule has 0 bridgehead atoms. The van der Waals surface area contributed by atoms with Gasteiger partial charge in [0.15, 0.2) is 5.78 Å². The summed E-state index contributed by atoms with van der Waals surface area (Å²) in [5.41, 5.74) is -0.807. The number of ether oxygens (including phenoxy) is 1. The van der Waals surface area contributed by atoms with E-state index in [1.165, 1.54) is 7.11 Å². The van der Waals surface area contributed by atoms with Crippen molar-refractivity contribution in [2.75, 3.05) is 13.7 Å². The second kappa shape index (κ2) is 6.03. The summed E-state index contributed by atoms with van der Waals surface area (Å²) < 4.78 is 4.81. The van der Waals surface area contributed by atoms with Gasteiger partial charge in [0.1, 0.15) is 5.41 Å². The van der Waals surface area contributed by atoms with Crippen molar-refractivity contribution in [3.8, 4) is 0 Å². The summed E-state index contributed by atoms with van der Waals surface area (Å²) in [5.74, 6) is -1.72. The molecule has 1 aromatic rings. The van der Waals surface area contributed by atoms with Crippen molar-refractivity contribution in [3.63, 3.8) is 0 Å². The fraction of sp³-hybridized carbons (Fsp3) is 0.467. The number of rotatable bonds is 5. The monoisotopic (exact) mass is 291 g/mol. The van der Waals surface area contributed by atoms with Gasteiger partial charge >= 0.3 is 5.97 Å². The number of hydrogen-bond acceptors (Lipinski definition) is 5. The van der Waals surface area contributed by atoms with Gasteiger partial charge in [-0.25, -0.2) is 0 Å². The second-order valence-electron chi connectivity index (χ2n) is 5.22. The zero-order valence-electron chi connectivity index (χ0n) is 11.8. The summed E-state index contributed by atoms with van der Waals surface area (Å²) >= 11 is 0. The maximum atomic E-state index is 12.4. The summed E-state index contributed by atoms with van der Waals surface area (Å²) in [6, 6.07) is 8.70. The number of methoxy groups -OCH3 is 1. The van der Waals surface area contributed by atoms with Gasteiger partial charge < -0.3 is 4.74 Å². The Hall–Kier alpha value is -2.24. The van der Waals surface area contributed by atoms with Crippen LogP contribution >= 0.6 is 0 Å². The first-order valence-electron chi connectivity index (χ1n) is 6.81. The van der Waals surface area contributed by atoms with Crippen molar-refractivity contribution in [2.24, 2.45) is 5.41 Å². The van der Waals surface area contributed by atoms with Gasteiger partial charge in [0.2, 0.25) is 6.54 Å². The van der Waals surface area contributed by atoms with E-state index in [0.717, 1.165) is 0 Å². The van der Waals surface area contributed by atoms with Crippen LogP contribution in [0.2, 0.25) is 0 Å². The van der Waals surface area contributed by atoms with E-state index in [4.69, 9.17) is 4.74 Å². The van der Waals surface area contributed by atoms with Crippen molar-refractivity contribution in [2.45, 2.75) is 25.2 Å². The Morgan fingerprint density at radius 1 is 1.43 bits per heavy atom. The minimum absolute atomic E-state index is 0.259. The first-order valence-corrected chi connectivity index (χ1v) is 6.81. The Balaban J connectivity index is 2.53. The van der Waals surface area contributed by atoms with E-state index in [0.29, 0.717) is 18.4 Å². The molecular weight excluding hydrogens is 274 g/mol. The second-order valence-corrected chi connectivity index (χ2v) is 5.22. The van der Waals surface area contributed by atoms with Crippen LogP contribution in [-0.4, -0.2) is 30.3 Å². The Morgan fingerprint density at radius 3 is 2.57 bits per heavy atom. The van der Waals surface area contributed by atoms with Crippen molar-refractivity contribution in [1.82, 2.24) is 0 Å². The highest BCUT2D eigenvalue weighted by Gasteiger charge is 2.57. The molecule has 112 valence electrons. The summed E-state index contributed by atoms with van der Waals surface area (Å²) in [7, 11) is 1.21. The van der Waals surface area contributed by atoms with Gasteiger partial charge in [0.05, 0.1) is 13.0 Å². The van der Waals surface area contributed by atoms with Gasteiger partial charge in [-0.1, -0.05) is 30.3 Å². The molecule has 6 heteroatoms. The molecule has 0 radical (unpaired) electrons. The predicted molar refractivity (Wildman–Crippen MR) is 74.4 cm³/mol. The maximum Gasteiger partial charge on any atom is 0.320 e. The van der Waals surface area contributed by atoms with Crippen LogP contribution in [0.1, 0.15) is 30.7 Å². The highest BCUT2D eigenvalue weighted by molar-refractivity contribution is 6.06. The fourth-order valence-corrected chi connectivity index (χ4v) is 3.18. The van der Waals surface area contributed by atoms with E-state index in [2.05, 4.69) is 0 Å². The average Bonchev–Trinajstić information content (AvgIpc) is 2.87. The predicted octanol–water partition coefficient (Wildman–Crippen LogP) is 1.96. The number of carbonyl (C=O) groups excluding carboxylic acids is 2. The molecule has 0 amide bonds. The Kier molecular flexibility index (Phi) is 4.35. The lowest BCUT2D eigenvalue weighted by Gasteiger charge is -2.31. The number of ketones is 1. The Labute approximate surface area is 122 Å². The molecule has 2 atom stereocenters. The van der Waals surface area contributed by atoms with Crippen molar-refractivity contribution < 1.29 is 19.2 Å². The summed E-state index contributed by atoms with van der Waals surface area (Å²) in [5, 5.41) is 11.0. The van der Waals surface area contributed by atoms with Crippen LogP contribution in [0.4, 0.5) is 0 Å². The van der Waals surface area contributed by atoms with E-state index in [-0.39, 0.29) is 12.2 Å². The van der Waals surface area contributed by atoms with Crippen LogP contribution in [0.25, 0.3) is 0 Å². The van der Waals surface area contributed by atoms with Gasteiger partial charge in [-0.2, -0.15) is 0 Å². The number of nitrogens with zero attached hydrogens (tertiary/aromatic N) is 1. The number of hydrogen-bond donors (Lipinski definition) is 0. The average molecular weight is 291 g/mol. The van der Waals surface area contributed by atoms with E-state index in [1.807, 2.05) is 0 Å². The van der Waals surface area contributed by atoms with Crippen LogP contribution in [0.3, 0.4) is 0 Å². The molecule has 0 saturated heterocycles. The Morgan fingerprint density at radius 2 is 2.10 bits per heavy atom. The van der Waals surface area contributed by atoms with Crippen LogP contribution < -0.4 is 0 Å². The molecule has 0 spiro atoms. The Bertz CT molecular complexity index is 556. The molecule has 0 heterocycles. The van der Waals surface area contributed by atoms with Crippen molar-refractivity contribution in [3.05, 3.63) is 46.0 Å². The number of Topliss-reactive ketones (excluding diaryl/α,β-unsaturated/α-hetero) is 1. The number of nitro groups is 1. The zero-order chi connectivity index (χ0) is 15.5. The largest absolute Gasteiger partial charge is 0.468 e. The first kappa shape index (κ1) is 15.2. The van der Waals surface area contributed by atoms with E-state index in [1.54, 1.807) is 30.3 Å². The number of benzene rings is 1. The van der Waals surface area contributed by atoms with Gasteiger partial charge in [0, 0.05) is 11.3 Å². The van der Waals surface area contributed by atoms with Crippen molar-refractivity contribution >= 4 is 11.8 Å². The van der Waals surface area contributed by atoms with Gasteiger partial charge in [-0.05, 0) is 18.4 Å². The lowest BCUT2D eigenvalue weighted by Crippen LogP contribution is -2.44. The standard InChI is InChI=1S/C15H17NO5/c1-21-14(18)15(9-5-8-13(15)17)12(10-16(19)20)11-6-3-2-4-7-11/h2-4,6-7,12H,5,8-10H2,1H3/t12-,15-/m1/s1. The normalized spacial score (nSPS) is 22.8. The molecule has 0 N–H and O–H groups in total. The third-order valence-electron chi connectivity index (χ3n) is 4.15. The first-order chi connectivity index (χ1) is 10.0. The van der Waals surface area contributed by atoms with Gasteiger partial charge in [0.25, 0.3) is 0 Å². The highest BCUT2D eigenvalue weighted by atomic mass is 16.6. The van der Waals surface area contributed by atoms with Gasteiger partial charge in [-0.3, -0.25) is 19.7 Å². The molecule has 1 aliphatic carbocycles. The minimum Gasteiger partial charge on any atom is -0.468 e. The van der Waals surface area contributed by atoms with E-state index >= 15 is 0 Å². The molecular formula is C15H17NO5. The lowest BCUT2D eigenvalue weighted by molar-refractivity contribution is -0.485. The third-order valence-corrected chi connectivity index (χ3v) is 4.15. The molecule has 0 unspecified atom stereocenters. The SMILES string of the molecule is COC(=O)[C@@]1([C@H](C[N+](=O)[O-])c2ccccc2)CCCC1=O. The molecule has 1 aliphatic rings. The van der Waals surface area contributed by atoms with Crippen molar-refractivity contribution in [1.29, 1.82) is 0 Å². The fourth-order valence-electron chi connectivity index (χ4n) is 3.18. The molecule has 6 nitrogen and oxygen atoms in total. The maximum absolute atomic E-state index is 12.4. The van der Waals surface area contributed by atoms with Crippen LogP contribution in [0, 0.1) is 15.5 Å². The molecule has 21 heavy (non-hydrogen) atoms. The third kappa shape index (κ3) is 2.66. The quantitative estimate of drug-likeness (QED) is 0.358. The molecule has 0 aromatic heterocycles. The minimum atomic E-state index is -1.43. The lowest BCUT2D eigenvalue weighted by atomic mass is 9.70. The smallest absolute Gasteiger partial charge is 0.320 e. The van der Waals surface area contributed by atoms with Gasteiger partial charge in [-0.15, -0.1) is 0 Å². The molecule has 1 fully saturated rings. The number of esters is 1. The highest BCUT2D eigenvalue weighted by Crippen LogP contribution is 2.47. The van der Waals surface area contributed by atoms with E-state index < -0.39 is 28.8 Å². The summed E-state index contributed by atoms with van der Waals surface area (Å²) in [4.78, 5) is 35.2. The van der Waals surface area contributed by atoms with Crippen LogP contribution in [0.5, 0.6) is 0 Å². The van der Waals surface area contributed by atoms with E-state index in [9.17, 15) is 19.7 Å². The topological polar surface area (TPSA) is 86.5 Å². The number of carbonyl (C=O) groups is 2. The van der Waals surface area contributed by atoms with Crippen LogP contribution in [-0.2, 0) is 14.3 Å². The summed E-state index contributed by atoms with van der Waals surface area (Å²) in [6.45, 7) is -0.467. The molecule has 2 rings (SSSR count). The molecule has 0 aliphatic heterocycles. The van der Waals surface area contributed by atoms with Crippen LogP contribution in [0.15, 0.2) is 30.3 Å².